The summed E-state index contributed by atoms with van der Waals surface area (Å²) < 4.78 is 6.91. The van der Waals surface area contributed by atoms with E-state index >= 15 is 0 Å². The van der Waals surface area contributed by atoms with Crippen molar-refractivity contribution in [3.05, 3.63) is 36.2 Å². The van der Waals surface area contributed by atoms with E-state index in [1.807, 2.05) is 35.0 Å². The Labute approximate surface area is 126 Å². The van der Waals surface area contributed by atoms with Crippen molar-refractivity contribution >= 4 is 17.7 Å². The second kappa shape index (κ2) is 5.18. The Kier molecular flexibility index (Phi) is 3.18. The van der Waals surface area contributed by atoms with Gasteiger partial charge in [0.25, 0.3) is 0 Å². The van der Waals surface area contributed by atoms with E-state index in [9.17, 15) is 4.79 Å². The maximum atomic E-state index is 11.6. The summed E-state index contributed by atoms with van der Waals surface area (Å²) in [6.45, 7) is 0.505. The number of cyclic esters (lactones) is 1. The van der Waals surface area contributed by atoms with Crippen molar-refractivity contribution in [2.24, 2.45) is 0 Å². The predicted octanol–water partition coefficient (Wildman–Crippen LogP) is 2.55. The smallest absolute Gasteiger partial charge is 0.319 e. The van der Waals surface area contributed by atoms with Crippen LogP contribution in [0.25, 0.3) is 5.69 Å². The van der Waals surface area contributed by atoms with Gasteiger partial charge in [-0.25, -0.2) is 9.67 Å². The van der Waals surface area contributed by atoms with Gasteiger partial charge in [-0.3, -0.25) is 4.79 Å². The first kappa shape index (κ1) is 12.9. The Morgan fingerprint density at radius 3 is 2.67 bits per heavy atom. The molecule has 5 nitrogen and oxygen atoms in total. The fourth-order valence-corrected chi connectivity index (χ4v) is 3.34. The van der Waals surface area contributed by atoms with Crippen LogP contribution in [0.15, 0.2) is 35.5 Å². The first-order chi connectivity index (χ1) is 10.3. The number of carbonyl (C=O) groups excluding carboxylic acids is 1. The first-order valence-corrected chi connectivity index (χ1v) is 8.05. The average Bonchev–Trinajstić information content (AvgIpc) is 3.16. The zero-order valence-electron chi connectivity index (χ0n) is 11.4. The molecule has 0 spiro atoms. The van der Waals surface area contributed by atoms with Gasteiger partial charge in [-0.2, -0.15) is 0 Å². The highest BCUT2D eigenvalue weighted by molar-refractivity contribution is 8.00. The minimum atomic E-state index is -0.163. The van der Waals surface area contributed by atoms with E-state index in [2.05, 4.69) is 10.1 Å². The molecule has 1 unspecified atom stereocenters. The van der Waals surface area contributed by atoms with Crippen molar-refractivity contribution in [2.75, 3.05) is 6.61 Å². The molecule has 2 aliphatic rings. The monoisotopic (exact) mass is 301 g/mol. The number of ether oxygens (including phenoxy) is 1. The van der Waals surface area contributed by atoms with E-state index in [1.165, 1.54) is 24.6 Å². The van der Waals surface area contributed by atoms with Crippen LogP contribution < -0.4 is 0 Å². The van der Waals surface area contributed by atoms with Gasteiger partial charge < -0.3 is 4.74 Å². The summed E-state index contributed by atoms with van der Waals surface area (Å²) in [5.74, 6) is 1.36. The van der Waals surface area contributed by atoms with Crippen LogP contribution in [0.1, 0.15) is 31.0 Å². The van der Waals surface area contributed by atoms with Crippen molar-refractivity contribution in [2.45, 2.75) is 35.6 Å². The molecular weight excluding hydrogens is 286 g/mol. The van der Waals surface area contributed by atoms with Crippen LogP contribution in [-0.4, -0.2) is 32.6 Å². The highest BCUT2D eigenvalue weighted by Crippen LogP contribution is 2.41. The van der Waals surface area contributed by atoms with Gasteiger partial charge in [0.15, 0.2) is 0 Å². The van der Waals surface area contributed by atoms with E-state index in [4.69, 9.17) is 4.74 Å². The minimum absolute atomic E-state index is 0.149. The molecule has 1 saturated heterocycles. The third-order valence-corrected chi connectivity index (χ3v) is 4.79. The third kappa shape index (κ3) is 2.55. The lowest BCUT2D eigenvalue weighted by Crippen LogP contribution is -2.09. The summed E-state index contributed by atoms with van der Waals surface area (Å²) in [5, 5.41) is 5.11. The molecule has 2 aromatic rings. The van der Waals surface area contributed by atoms with Gasteiger partial charge in [0.05, 0.1) is 12.3 Å². The van der Waals surface area contributed by atoms with Crippen LogP contribution in [0.5, 0.6) is 0 Å². The van der Waals surface area contributed by atoms with Crippen molar-refractivity contribution in [3.8, 4) is 5.69 Å². The van der Waals surface area contributed by atoms with Gasteiger partial charge >= 0.3 is 5.97 Å². The summed E-state index contributed by atoms with van der Waals surface area (Å²) >= 11 is 1.42. The van der Waals surface area contributed by atoms with E-state index in [1.54, 1.807) is 0 Å². The number of thioether (sulfide) groups is 1. The highest BCUT2D eigenvalue weighted by atomic mass is 32.2. The second-order valence-corrected chi connectivity index (χ2v) is 6.51. The molecule has 1 atom stereocenters. The Hall–Kier alpha value is -1.82. The van der Waals surface area contributed by atoms with Crippen molar-refractivity contribution < 1.29 is 9.53 Å². The lowest BCUT2D eigenvalue weighted by Gasteiger charge is -2.03. The number of nitrogens with zero attached hydrogens (tertiary/aromatic N) is 3. The molecule has 0 radical (unpaired) electrons. The fraction of sp³-hybridized carbons (Fsp3) is 0.400. The van der Waals surface area contributed by atoms with Crippen LogP contribution in [-0.2, 0) is 9.53 Å². The molecule has 1 aliphatic heterocycles. The van der Waals surface area contributed by atoms with Crippen molar-refractivity contribution in [3.63, 3.8) is 0 Å². The number of para-hydroxylation sites is 1. The lowest BCUT2D eigenvalue weighted by atomic mass is 10.3. The number of rotatable bonds is 4. The van der Waals surface area contributed by atoms with Crippen LogP contribution >= 0.6 is 11.8 Å². The van der Waals surface area contributed by atoms with E-state index in [0.29, 0.717) is 17.7 Å². The first-order valence-electron chi connectivity index (χ1n) is 7.17. The zero-order chi connectivity index (χ0) is 14.2. The Balaban J connectivity index is 1.65. The van der Waals surface area contributed by atoms with Crippen LogP contribution in [0.4, 0.5) is 0 Å². The van der Waals surface area contributed by atoms with Crippen molar-refractivity contribution in [1.29, 1.82) is 0 Å². The van der Waals surface area contributed by atoms with Gasteiger partial charge in [0.2, 0.25) is 5.16 Å². The maximum absolute atomic E-state index is 11.6. The molecule has 1 saturated carbocycles. The molecule has 108 valence electrons. The molecule has 21 heavy (non-hydrogen) atoms. The van der Waals surface area contributed by atoms with Gasteiger partial charge in [-0.1, -0.05) is 30.0 Å². The van der Waals surface area contributed by atoms with Crippen LogP contribution in [0.3, 0.4) is 0 Å². The quantitative estimate of drug-likeness (QED) is 0.812. The molecule has 0 amide bonds. The normalized spacial score (nSPS) is 21.5. The average molecular weight is 301 g/mol. The van der Waals surface area contributed by atoms with Crippen LogP contribution in [0.2, 0.25) is 0 Å². The molecule has 1 aromatic carbocycles. The summed E-state index contributed by atoms with van der Waals surface area (Å²) in [4.78, 5) is 16.2. The number of benzene rings is 1. The standard InChI is InChI=1S/C15H15N3O2S/c19-14-12(8-9-20-14)21-15-16-13(10-6-7-10)18(17-15)11-4-2-1-3-5-11/h1-5,10,12H,6-9H2. The lowest BCUT2D eigenvalue weighted by molar-refractivity contribution is -0.137. The van der Waals surface area contributed by atoms with E-state index in [-0.39, 0.29) is 11.2 Å². The molecule has 0 bridgehead atoms. The number of esters is 1. The van der Waals surface area contributed by atoms with Gasteiger partial charge in [0.1, 0.15) is 11.1 Å². The number of hydrogen-bond acceptors (Lipinski definition) is 5. The summed E-state index contributed by atoms with van der Waals surface area (Å²) in [6, 6.07) is 10.0. The molecule has 1 aliphatic carbocycles. The Morgan fingerprint density at radius 1 is 1.19 bits per heavy atom. The molecular formula is C15H15N3O2S. The summed E-state index contributed by atoms with van der Waals surface area (Å²) in [7, 11) is 0. The van der Waals surface area contributed by atoms with Gasteiger partial charge in [-0.05, 0) is 25.0 Å². The van der Waals surface area contributed by atoms with E-state index in [0.717, 1.165) is 17.9 Å². The second-order valence-electron chi connectivity index (χ2n) is 5.34. The molecule has 4 rings (SSSR count). The Morgan fingerprint density at radius 2 is 2.00 bits per heavy atom. The number of aromatic nitrogens is 3. The van der Waals surface area contributed by atoms with Gasteiger partial charge in [-0.15, -0.1) is 5.10 Å². The highest BCUT2D eigenvalue weighted by Gasteiger charge is 2.33. The topological polar surface area (TPSA) is 57.0 Å². The predicted molar refractivity (Wildman–Crippen MR) is 78.6 cm³/mol. The molecule has 2 fully saturated rings. The molecule has 0 N–H and O–H groups in total. The molecule has 1 aromatic heterocycles. The molecule has 2 heterocycles. The van der Waals surface area contributed by atoms with E-state index < -0.39 is 0 Å². The maximum Gasteiger partial charge on any atom is 0.319 e. The van der Waals surface area contributed by atoms with Crippen molar-refractivity contribution in [1.82, 2.24) is 14.8 Å². The minimum Gasteiger partial charge on any atom is -0.465 e. The summed E-state index contributed by atoms with van der Waals surface area (Å²) in [6.07, 6.45) is 3.07. The largest absolute Gasteiger partial charge is 0.465 e. The summed E-state index contributed by atoms with van der Waals surface area (Å²) in [5.41, 5.74) is 1.02. The molecule has 6 heteroatoms. The van der Waals surface area contributed by atoms with Crippen LogP contribution in [0, 0.1) is 0 Å². The Bertz CT molecular complexity index is 667. The zero-order valence-corrected chi connectivity index (χ0v) is 12.3. The van der Waals surface area contributed by atoms with Gasteiger partial charge in [0, 0.05) is 12.3 Å². The number of carbonyl (C=O) groups is 1. The SMILES string of the molecule is O=C1OCCC1Sc1nc(C2CC2)n(-c2ccccc2)n1. The number of hydrogen-bond donors (Lipinski definition) is 0. The third-order valence-electron chi connectivity index (χ3n) is 3.69. The fourth-order valence-electron chi connectivity index (χ4n) is 2.43.